The summed E-state index contributed by atoms with van der Waals surface area (Å²) in [5.74, 6) is -0.390. The van der Waals surface area contributed by atoms with Crippen molar-refractivity contribution < 1.29 is 19.1 Å². The minimum Gasteiger partial charge on any atom is -0.503 e. The molecule has 1 atom stereocenters. The first-order valence-electron chi connectivity index (χ1n) is 10.2. The molecular formula is C25H16BrCl2NO5. The summed E-state index contributed by atoms with van der Waals surface area (Å²) in [4.78, 5) is 28.8. The number of hydrogen-bond acceptors (Lipinski definition) is 5. The highest BCUT2D eigenvalue weighted by Crippen LogP contribution is 2.44. The van der Waals surface area contributed by atoms with Gasteiger partial charge in [0.25, 0.3) is 5.91 Å². The van der Waals surface area contributed by atoms with Crippen molar-refractivity contribution in [1.82, 2.24) is 4.90 Å². The van der Waals surface area contributed by atoms with Gasteiger partial charge in [0.2, 0.25) is 5.76 Å². The number of carbonyl (C=O) groups is 1. The number of hydrogen-bond donors (Lipinski definition) is 1. The topological polar surface area (TPSA) is 80.0 Å². The van der Waals surface area contributed by atoms with E-state index >= 15 is 0 Å². The second kappa shape index (κ2) is 8.65. The van der Waals surface area contributed by atoms with E-state index in [2.05, 4.69) is 15.9 Å². The molecule has 1 aromatic heterocycles. The first-order chi connectivity index (χ1) is 16.3. The van der Waals surface area contributed by atoms with Crippen molar-refractivity contribution in [3.05, 3.63) is 102 Å². The smallest absolute Gasteiger partial charge is 0.291 e. The molecular weight excluding hydrogens is 545 g/mol. The molecule has 0 aliphatic carbocycles. The van der Waals surface area contributed by atoms with Crippen molar-refractivity contribution in [2.75, 3.05) is 7.11 Å². The van der Waals surface area contributed by atoms with Gasteiger partial charge in [-0.1, -0.05) is 41.4 Å². The zero-order valence-electron chi connectivity index (χ0n) is 17.6. The molecule has 9 heteroatoms. The molecule has 0 bridgehead atoms. The number of phenolic OH excluding ortho intramolecular Hbond substituents is 1. The Morgan fingerprint density at radius 1 is 1.12 bits per heavy atom. The summed E-state index contributed by atoms with van der Waals surface area (Å²) >= 11 is 15.8. The number of nitrogens with zero attached hydrogens (tertiary/aromatic N) is 1. The summed E-state index contributed by atoms with van der Waals surface area (Å²) in [7, 11) is 1.42. The van der Waals surface area contributed by atoms with E-state index in [4.69, 9.17) is 32.4 Å². The lowest BCUT2D eigenvalue weighted by molar-refractivity contribution is 0.0714. The molecule has 0 saturated heterocycles. The van der Waals surface area contributed by atoms with Crippen molar-refractivity contribution >= 4 is 56.0 Å². The highest BCUT2D eigenvalue weighted by atomic mass is 79.9. The summed E-state index contributed by atoms with van der Waals surface area (Å²) in [5.41, 5.74) is 1.35. The molecule has 1 N–H and O–H groups in total. The summed E-state index contributed by atoms with van der Waals surface area (Å²) in [6.45, 7) is 0.130. The van der Waals surface area contributed by atoms with Crippen molar-refractivity contribution in [2.24, 2.45) is 0 Å². The lowest BCUT2D eigenvalue weighted by Crippen LogP contribution is -2.29. The minimum atomic E-state index is -0.816. The van der Waals surface area contributed by atoms with Gasteiger partial charge in [-0.3, -0.25) is 9.59 Å². The average molecular weight is 561 g/mol. The highest BCUT2D eigenvalue weighted by molar-refractivity contribution is 9.10. The maximum absolute atomic E-state index is 13.7. The van der Waals surface area contributed by atoms with Gasteiger partial charge in [0.05, 0.1) is 28.6 Å². The molecule has 172 valence electrons. The predicted molar refractivity (Wildman–Crippen MR) is 133 cm³/mol. The first-order valence-corrected chi connectivity index (χ1v) is 11.7. The Balaban J connectivity index is 1.78. The minimum absolute atomic E-state index is 0.0416. The van der Waals surface area contributed by atoms with Crippen LogP contribution in [0.15, 0.2) is 68.3 Å². The van der Waals surface area contributed by atoms with Crippen molar-refractivity contribution in [2.45, 2.75) is 12.6 Å². The molecule has 3 aromatic carbocycles. The molecule has 34 heavy (non-hydrogen) atoms. The quantitative estimate of drug-likeness (QED) is 0.316. The summed E-state index contributed by atoms with van der Waals surface area (Å²) < 4.78 is 11.6. The van der Waals surface area contributed by atoms with Crippen molar-refractivity contribution in [1.29, 1.82) is 0 Å². The SMILES string of the molecule is COc1cc([C@@H]2c3c(oc4ccc(Cl)cc4c3=O)C(=O)N2Cc2ccccc2Cl)cc(Br)c1O. The van der Waals surface area contributed by atoms with E-state index in [0.717, 1.165) is 0 Å². The summed E-state index contributed by atoms with van der Waals surface area (Å²) in [6, 6.07) is 14.3. The van der Waals surface area contributed by atoms with Crippen LogP contribution in [-0.2, 0) is 6.54 Å². The monoisotopic (exact) mass is 559 g/mol. The molecule has 0 unspecified atom stereocenters. The standard InChI is InChI=1S/C25H16BrCl2NO5/c1-33-19-9-13(8-16(26)23(19)31)21-20-22(30)15-10-14(27)6-7-18(15)34-24(20)25(32)29(21)11-12-4-2-3-5-17(12)28/h2-10,21,31H,11H2,1H3/t21-/m1/s1. The van der Waals surface area contributed by atoms with Gasteiger partial charge in [-0.05, 0) is 63.5 Å². The number of fused-ring (bicyclic) bond motifs is 2. The third-order valence-corrected chi connectivity index (χ3v) is 7.02. The summed E-state index contributed by atoms with van der Waals surface area (Å²) in [5, 5.41) is 11.5. The van der Waals surface area contributed by atoms with Gasteiger partial charge in [0, 0.05) is 16.6 Å². The fourth-order valence-electron chi connectivity index (χ4n) is 4.22. The average Bonchev–Trinajstić information content (AvgIpc) is 3.09. The zero-order valence-corrected chi connectivity index (χ0v) is 20.7. The van der Waals surface area contributed by atoms with E-state index in [1.54, 1.807) is 36.4 Å². The van der Waals surface area contributed by atoms with E-state index in [-0.39, 0.29) is 45.8 Å². The molecule has 1 aliphatic heterocycles. The van der Waals surface area contributed by atoms with Crippen LogP contribution < -0.4 is 10.2 Å². The number of rotatable bonds is 4. The Labute approximate surface area is 212 Å². The molecule has 0 spiro atoms. The van der Waals surface area contributed by atoms with E-state index in [0.29, 0.717) is 25.6 Å². The molecule has 0 saturated carbocycles. The van der Waals surface area contributed by atoms with Crippen LogP contribution in [0.3, 0.4) is 0 Å². The summed E-state index contributed by atoms with van der Waals surface area (Å²) in [6.07, 6.45) is 0. The van der Waals surface area contributed by atoms with Gasteiger partial charge in [-0.25, -0.2) is 0 Å². The molecule has 4 aromatic rings. The fourth-order valence-corrected chi connectivity index (χ4v) is 5.05. The Hall–Kier alpha value is -3.00. The molecule has 0 radical (unpaired) electrons. The van der Waals surface area contributed by atoms with Crippen LogP contribution in [0.5, 0.6) is 11.5 Å². The number of methoxy groups -OCH3 is 1. The molecule has 0 fully saturated rings. The lowest BCUT2D eigenvalue weighted by Gasteiger charge is -2.26. The zero-order chi connectivity index (χ0) is 24.1. The Bertz CT molecular complexity index is 1530. The fraction of sp³-hybridized carbons (Fsp3) is 0.120. The van der Waals surface area contributed by atoms with E-state index in [1.807, 2.05) is 12.1 Å². The predicted octanol–water partition coefficient (Wildman–Crippen LogP) is 6.32. The third-order valence-electron chi connectivity index (χ3n) is 5.81. The Morgan fingerprint density at radius 2 is 1.88 bits per heavy atom. The maximum atomic E-state index is 13.7. The van der Waals surface area contributed by atoms with Crippen LogP contribution in [-0.4, -0.2) is 23.0 Å². The number of phenols is 1. The second-order valence-electron chi connectivity index (χ2n) is 7.80. The van der Waals surface area contributed by atoms with E-state index in [1.165, 1.54) is 18.1 Å². The van der Waals surface area contributed by atoms with Gasteiger partial charge >= 0.3 is 0 Å². The largest absolute Gasteiger partial charge is 0.503 e. The molecule has 6 nitrogen and oxygen atoms in total. The number of aromatic hydroxyl groups is 1. The first kappa shape index (κ1) is 22.8. The van der Waals surface area contributed by atoms with Gasteiger partial charge in [0.1, 0.15) is 5.58 Å². The van der Waals surface area contributed by atoms with Crippen molar-refractivity contribution in [3.8, 4) is 11.5 Å². The highest BCUT2D eigenvalue weighted by Gasteiger charge is 2.43. The number of amides is 1. The van der Waals surface area contributed by atoms with Crippen LogP contribution in [0.25, 0.3) is 11.0 Å². The van der Waals surface area contributed by atoms with Crippen molar-refractivity contribution in [3.63, 3.8) is 0 Å². The van der Waals surface area contributed by atoms with Gasteiger partial charge in [-0.2, -0.15) is 0 Å². The van der Waals surface area contributed by atoms with Crippen LogP contribution in [0, 0.1) is 0 Å². The molecule has 1 amide bonds. The van der Waals surface area contributed by atoms with E-state index < -0.39 is 11.9 Å². The number of ether oxygens (including phenoxy) is 1. The normalized spacial score (nSPS) is 15.1. The number of carbonyl (C=O) groups excluding carboxylic acids is 1. The van der Waals surface area contributed by atoms with Crippen LogP contribution in [0.4, 0.5) is 0 Å². The molecule has 1 aliphatic rings. The van der Waals surface area contributed by atoms with Crippen LogP contribution in [0.1, 0.15) is 33.3 Å². The van der Waals surface area contributed by atoms with Crippen LogP contribution >= 0.6 is 39.1 Å². The number of benzene rings is 3. The molecule has 2 heterocycles. The van der Waals surface area contributed by atoms with Gasteiger partial charge in [-0.15, -0.1) is 0 Å². The van der Waals surface area contributed by atoms with Gasteiger partial charge < -0.3 is 19.2 Å². The Kier molecular flexibility index (Phi) is 5.80. The van der Waals surface area contributed by atoms with Gasteiger partial charge in [0.15, 0.2) is 16.9 Å². The van der Waals surface area contributed by atoms with E-state index in [9.17, 15) is 14.7 Å². The Morgan fingerprint density at radius 3 is 2.62 bits per heavy atom. The van der Waals surface area contributed by atoms with Crippen LogP contribution in [0.2, 0.25) is 10.0 Å². The lowest BCUT2D eigenvalue weighted by atomic mass is 9.97. The molecule has 5 rings (SSSR count). The number of halogens is 3. The third kappa shape index (κ3) is 3.64. The maximum Gasteiger partial charge on any atom is 0.291 e. The second-order valence-corrected chi connectivity index (χ2v) is 9.49.